The molecule has 23 heavy (non-hydrogen) atoms. The molecule has 3 nitrogen and oxygen atoms in total. The monoisotopic (exact) mass is 321 g/mol. The van der Waals surface area contributed by atoms with Crippen molar-refractivity contribution in [3.05, 3.63) is 59.2 Å². The molecular formula is C17H14F3NO2. The molecule has 0 fully saturated rings. The summed E-state index contributed by atoms with van der Waals surface area (Å²) in [5.41, 5.74) is -0.816. The predicted octanol–water partition coefficient (Wildman–Crippen LogP) is 4.81. The number of phenolic OH excluding ortho intramolecular Hbond substituents is 1. The lowest BCUT2D eigenvalue weighted by molar-refractivity contribution is -0.137. The summed E-state index contributed by atoms with van der Waals surface area (Å²) >= 11 is 0. The van der Waals surface area contributed by atoms with Crippen molar-refractivity contribution >= 4 is 0 Å². The maximum Gasteiger partial charge on any atom is 0.417 e. The molecule has 2 aromatic carbocycles. The highest BCUT2D eigenvalue weighted by Crippen LogP contribution is 2.35. The largest absolute Gasteiger partial charge is 0.508 e. The van der Waals surface area contributed by atoms with Gasteiger partial charge in [-0.1, -0.05) is 19.1 Å². The lowest BCUT2D eigenvalue weighted by Crippen LogP contribution is -2.10. The smallest absolute Gasteiger partial charge is 0.417 e. The van der Waals surface area contributed by atoms with Crippen LogP contribution in [0.1, 0.15) is 36.1 Å². The minimum absolute atomic E-state index is 0.0199. The molecule has 6 heteroatoms. The van der Waals surface area contributed by atoms with Crippen LogP contribution in [0, 0.1) is 11.3 Å². The van der Waals surface area contributed by atoms with Crippen molar-refractivity contribution < 1.29 is 23.0 Å². The zero-order valence-electron chi connectivity index (χ0n) is 12.3. The summed E-state index contributed by atoms with van der Waals surface area (Å²) in [6, 6.07) is 11.1. The minimum Gasteiger partial charge on any atom is -0.508 e. The van der Waals surface area contributed by atoms with Crippen LogP contribution >= 0.6 is 0 Å². The molecule has 0 bridgehead atoms. The molecular weight excluding hydrogens is 307 g/mol. The van der Waals surface area contributed by atoms with Gasteiger partial charge in [-0.15, -0.1) is 0 Å². The maximum absolute atomic E-state index is 13.0. The highest BCUT2D eigenvalue weighted by Gasteiger charge is 2.34. The molecule has 0 radical (unpaired) electrons. The van der Waals surface area contributed by atoms with Gasteiger partial charge in [0.25, 0.3) is 0 Å². The average Bonchev–Trinajstić information content (AvgIpc) is 2.51. The number of ether oxygens (including phenoxy) is 1. The summed E-state index contributed by atoms with van der Waals surface area (Å²) in [4.78, 5) is 0. The zero-order chi connectivity index (χ0) is 17.0. The van der Waals surface area contributed by atoms with Crippen LogP contribution in [-0.4, -0.2) is 5.11 Å². The lowest BCUT2D eigenvalue weighted by Gasteiger charge is -2.19. The molecule has 0 aliphatic rings. The van der Waals surface area contributed by atoms with E-state index in [1.54, 1.807) is 12.1 Å². The summed E-state index contributed by atoms with van der Waals surface area (Å²) in [6.45, 7) is 1.82. The van der Waals surface area contributed by atoms with Crippen molar-refractivity contribution in [1.82, 2.24) is 0 Å². The van der Waals surface area contributed by atoms with Crippen LogP contribution in [-0.2, 0) is 6.18 Å². The second-order valence-electron chi connectivity index (χ2n) is 4.93. The molecule has 0 saturated heterocycles. The van der Waals surface area contributed by atoms with Gasteiger partial charge in [0.15, 0.2) is 0 Å². The number of nitriles is 1. The summed E-state index contributed by atoms with van der Waals surface area (Å²) in [7, 11) is 0. The van der Waals surface area contributed by atoms with E-state index >= 15 is 0 Å². The Morgan fingerprint density at radius 1 is 1.22 bits per heavy atom. The van der Waals surface area contributed by atoms with E-state index in [0.29, 0.717) is 12.0 Å². The van der Waals surface area contributed by atoms with Crippen LogP contribution in [0.15, 0.2) is 42.5 Å². The van der Waals surface area contributed by atoms with Crippen LogP contribution in [0.25, 0.3) is 0 Å². The molecule has 2 rings (SSSR count). The normalized spacial score (nSPS) is 12.5. The van der Waals surface area contributed by atoms with Gasteiger partial charge in [-0.3, -0.25) is 0 Å². The average molecular weight is 321 g/mol. The second-order valence-corrected chi connectivity index (χ2v) is 4.93. The van der Waals surface area contributed by atoms with Crippen LogP contribution in [0.2, 0.25) is 0 Å². The van der Waals surface area contributed by atoms with Gasteiger partial charge >= 0.3 is 6.18 Å². The number of halogens is 3. The molecule has 0 aromatic heterocycles. The molecule has 1 atom stereocenters. The van der Waals surface area contributed by atoms with E-state index < -0.39 is 23.4 Å². The number of benzene rings is 2. The summed E-state index contributed by atoms with van der Waals surface area (Å²) < 4.78 is 44.5. The second kappa shape index (κ2) is 6.61. The van der Waals surface area contributed by atoms with Crippen molar-refractivity contribution in [1.29, 1.82) is 5.26 Å². The van der Waals surface area contributed by atoms with E-state index in [2.05, 4.69) is 0 Å². The molecule has 2 aromatic rings. The molecule has 0 aliphatic carbocycles. The first-order valence-electron chi connectivity index (χ1n) is 6.92. The number of hydrogen-bond donors (Lipinski definition) is 1. The van der Waals surface area contributed by atoms with Crippen LogP contribution in [0.4, 0.5) is 13.2 Å². The Labute approximate surface area is 131 Å². The maximum atomic E-state index is 13.0. The van der Waals surface area contributed by atoms with Gasteiger partial charge in [0.05, 0.1) is 17.2 Å². The van der Waals surface area contributed by atoms with E-state index in [4.69, 9.17) is 10.00 Å². The number of nitrogens with zero attached hydrogens (tertiary/aromatic N) is 1. The lowest BCUT2D eigenvalue weighted by atomic mass is 10.1. The molecule has 0 heterocycles. The van der Waals surface area contributed by atoms with Crippen LogP contribution in [0.3, 0.4) is 0 Å². The van der Waals surface area contributed by atoms with Crippen molar-refractivity contribution in [2.24, 2.45) is 0 Å². The van der Waals surface area contributed by atoms with Gasteiger partial charge in [0, 0.05) is 0 Å². The first-order chi connectivity index (χ1) is 10.8. The number of rotatable bonds is 4. The van der Waals surface area contributed by atoms with Crippen molar-refractivity contribution in [2.45, 2.75) is 25.6 Å². The molecule has 0 amide bonds. The van der Waals surface area contributed by atoms with Gasteiger partial charge < -0.3 is 9.84 Å². The van der Waals surface area contributed by atoms with Crippen LogP contribution < -0.4 is 4.74 Å². The molecule has 0 aliphatic heterocycles. The predicted molar refractivity (Wildman–Crippen MR) is 77.9 cm³/mol. The highest BCUT2D eigenvalue weighted by molar-refractivity contribution is 5.44. The number of phenols is 1. The third-order valence-electron chi connectivity index (χ3n) is 3.31. The first kappa shape index (κ1) is 16.7. The van der Waals surface area contributed by atoms with Gasteiger partial charge in [0.1, 0.15) is 17.6 Å². The van der Waals surface area contributed by atoms with E-state index in [1.807, 2.05) is 6.92 Å². The summed E-state index contributed by atoms with van der Waals surface area (Å²) in [6.07, 6.45) is -4.63. The Kier molecular flexibility index (Phi) is 4.80. The standard InChI is InChI=1S/C17H14F3NO2/c1-2-16(11-4-3-5-13(22)8-11)23-14-7-6-12(10-21)15(9-14)17(18,19)20/h3-9,16,22H,2H2,1H3. The molecule has 0 saturated carbocycles. The van der Waals surface area contributed by atoms with Gasteiger partial charge in [-0.2, -0.15) is 18.4 Å². The molecule has 1 N–H and O–H groups in total. The summed E-state index contributed by atoms with van der Waals surface area (Å²) in [5.74, 6) is 0.0758. The van der Waals surface area contributed by atoms with Crippen molar-refractivity contribution in [2.75, 3.05) is 0 Å². The Balaban J connectivity index is 2.34. The van der Waals surface area contributed by atoms with Crippen molar-refractivity contribution in [3.8, 4) is 17.6 Å². The molecule has 0 spiro atoms. The molecule has 1 unspecified atom stereocenters. The fourth-order valence-corrected chi connectivity index (χ4v) is 2.21. The molecule has 120 valence electrons. The topological polar surface area (TPSA) is 53.2 Å². The summed E-state index contributed by atoms with van der Waals surface area (Å²) in [5, 5.41) is 18.3. The van der Waals surface area contributed by atoms with Gasteiger partial charge in [-0.25, -0.2) is 0 Å². The fourth-order valence-electron chi connectivity index (χ4n) is 2.21. The van der Waals surface area contributed by atoms with E-state index in [1.165, 1.54) is 24.3 Å². The van der Waals surface area contributed by atoms with Crippen LogP contribution in [0.5, 0.6) is 11.5 Å². The Morgan fingerprint density at radius 3 is 2.52 bits per heavy atom. The number of aromatic hydroxyl groups is 1. The fraction of sp³-hybridized carbons (Fsp3) is 0.235. The Hall–Kier alpha value is -2.68. The zero-order valence-corrected chi connectivity index (χ0v) is 12.3. The van der Waals surface area contributed by atoms with E-state index in [-0.39, 0.29) is 11.5 Å². The first-order valence-corrected chi connectivity index (χ1v) is 6.92. The SMILES string of the molecule is CCC(Oc1ccc(C#N)c(C(F)(F)F)c1)c1cccc(O)c1. The number of alkyl halides is 3. The Morgan fingerprint density at radius 2 is 1.96 bits per heavy atom. The minimum atomic E-state index is -4.63. The number of hydrogen-bond acceptors (Lipinski definition) is 3. The third-order valence-corrected chi connectivity index (χ3v) is 3.31. The van der Waals surface area contributed by atoms with E-state index in [0.717, 1.165) is 12.1 Å². The van der Waals surface area contributed by atoms with Crippen molar-refractivity contribution in [3.63, 3.8) is 0 Å². The third kappa shape index (κ3) is 3.95. The Bertz CT molecular complexity index is 735. The van der Waals surface area contributed by atoms with Gasteiger partial charge in [-0.05, 0) is 42.3 Å². The quantitative estimate of drug-likeness (QED) is 0.879. The van der Waals surface area contributed by atoms with Gasteiger partial charge in [0.2, 0.25) is 0 Å². The highest BCUT2D eigenvalue weighted by atomic mass is 19.4. The van der Waals surface area contributed by atoms with E-state index in [9.17, 15) is 18.3 Å².